The van der Waals surface area contributed by atoms with Crippen molar-refractivity contribution in [2.24, 2.45) is 0 Å². The topological polar surface area (TPSA) is 75.6 Å². The predicted octanol–water partition coefficient (Wildman–Crippen LogP) is 2.38. The number of hydrogen-bond acceptors (Lipinski definition) is 4. The van der Waals surface area contributed by atoms with E-state index < -0.39 is 34.6 Å². The molecule has 124 valence electrons. The standard InChI is InChI=1S/C16H25NO4S/c1-11-6-8-13(9-7-11)22(20)10-14(18)12(2)17-15(19)21-16(3,4)5/h6-9,12,14,18H,10H2,1-5H3,(H,17,19)/t12-,14-,22?/m0/s1. The number of benzene rings is 1. The summed E-state index contributed by atoms with van der Waals surface area (Å²) in [6.45, 7) is 8.90. The molecule has 1 aromatic carbocycles. The Kier molecular flexibility index (Phi) is 6.56. The Balaban J connectivity index is 2.53. The van der Waals surface area contributed by atoms with Gasteiger partial charge in [-0.05, 0) is 46.8 Å². The van der Waals surface area contributed by atoms with Crippen LogP contribution in [0.3, 0.4) is 0 Å². The minimum Gasteiger partial charge on any atom is -0.444 e. The van der Waals surface area contributed by atoms with E-state index in [0.717, 1.165) is 5.56 Å². The van der Waals surface area contributed by atoms with Crippen LogP contribution in [0.15, 0.2) is 29.2 Å². The van der Waals surface area contributed by atoms with Gasteiger partial charge in [0.05, 0.1) is 28.7 Å². The fraction of sp³-hybridized carbons (Fsp3) is 0.562. The number of amides is 1. The van der Waals surface area contributed by atoms with Crippen molar-refractivity contribution in [1.29, 1.82) is 0 Å². The Labute approximate surface area is 134 Å². The molecule has 1 aromatic rings. The van der Waals surface area contributed by atoms with Crippen LogP contribution in [-0.4, -0.2) is 38.9 Å². The summed E-state index contributed by atoms with van der Waals surface area (Å²) in [5.41, 5.74) is 0.487. The maximum absolute atomic E-state index is 12.2. The molecular weight excluding hydrogens is 302 g/mol. The molecule has 0 bridgehead atoms. The molecule has 0 radical (unpaired) electrons. The van der Waals surface area contributed by atoms with Crippen LogP contribution in [0.4, 0.5) is 4.79 Å². The largest absolute Gasteiger partial charge is 0.444 e. The van der Waals surface area contributed by atoms with Crippen molar-refractivity contribution in [3.05, 3.63) is 29.8 Å². The van der Waals surface area contributed by atoms with Gasteiger partial charge in [0, 0.05) is 4.90 Å². The Morgan fingerprint density at radius 2 is 1.86 bits per heavy atom. The van der Waals surface area contributed by atoms with Gasteiger partial charge in [-0.25, -0.2) is 4.79 Å². The zero-order valence-corrected chi connectivity index (χ0v) is 14.6. The van der Waals surface area contributed by atoms with Crippen LogP contribution < -0.4 is 5.32 Å². The van der Waals surface area contributed by atoms with Crippen LogP contribution in [0.5, 0.6) is 0 Å². The molecule has 0 heterocycles. The number of hydrogen-bond donors (Lipinski definition) is 2. The number of rotatable bonds is 5. The molecule has 0 aromatic heterocycles. The molecule has 2 N–H and O–H groups in total. The summed E-state index contributed by atoms with van der Waals surface area (Å²) in [4.78, 5) is 12.3. The first-order chi connectivity index (χ1) is 10.1. The smallest absolute Gasteiger partial charge is 0.407 e. The summed E-state index contributed by atoms with van der Waals surface area (Å²) in [6.07, 6.45) is -1.52. The van der Waals surface area contributed by atoms with Crippen molar-refractivity contribution < 1.29 is 18.8 Å². The number of carbonyl (C=O) groups is 1. The maximum atomic E-state index is 12.2. The summed E-state index contributed by atoms with van der Waals surface area (Å²) in [6, 6.07) is 6.77. The lowest BCUT2D eigenvalue weighted by molar-refractivity contribution is 0.0452. The van der Waals surface area contributed by atoms with Crippen molar-refractivity contribution in [3.63, 3.8) is 0 Å². The molecule has 0 saturated carbocycles. The van der Waals surface area contributed by atoms with Crippen LogP contribution in [0, 0.1) is 6.92 Å². The summed E-state index contributed by atoms with van der Waals surface area (Å²) in [5.74, 6) is 0.0556. The van der Waals surface area contributed by atoms with Gasteiger partial charge in [0.1, 0.15) is 5.60 Å². The van der Waals surface area contributed by atoms with E-state index in [1.165, 1.54) is 0 Å². The lowest BCUT2D eigenvalue weighted by atomic mass is 10.2. The highest BCUT2D eigenvalue weighted by atomic mass is 32.2. The van der Waals surface area contributed by atoms with Crippen LogP contribution in [-0.2, 0) is 15.5 Å². The van der Waals surface area contributed by atoms with Gasteiger partial charge in [0.25, 0.3) is 0 Å². The van der Waals surface area contributed by atoms with Gasteiger partial charge in [0.2, 0.25) is 0 Å². The molecule has 0 saturated heterocycles. The SMILES string of the molecule is Cc1ccc(S(=O)C[C@H](O)[C@H](C)NC(=O)OC(C)(C)C)cc1. The van der Waals surface area contributed by atoms with Gasteiger partial charge in [-0.15, -0.1) is 0 Å². The molecule has 1 rings (SSSR count). The normalized spacial score (nSPS) is 15.7. The third-order valence-electron chi connectivity index (χ3n) is 2.93. The van der Waals surface area contributed by atoms with Crippen molar-refractivity contribution >= 4 is 16.9 Å². The van der Waals surface area contributed by atoms with Gasteiger partial charge in [-0.3, -0.25) is 4.21 Å². The minimum absolute atomic E-state index is 0.0556. The number of alkyl carbamates (subject to hydrolysis) is 1. The fourth-order valence-corrected chi connectivity index (χ4v) is 2.91. The van der Waals surface area contributed by atoms with Crippen molar-refractivity contribution in [2.45, 2.75) is 57.3 Å². The number of aliphatic hydroxyl groups is 1. The molecule has 6 heteroatoms. The lowest BCUT2D eigenvalue weighted by Crippen LogP contribution is -2.45. The third-order valence-corrected chi connectivity index (χ3v) is 4.37. The Morgan fingerprint density at radius 1 is 1.32 bits per heavy atom. The zero-order chi connectivity index (χ0) is 16.9. The predicted molar refractivity (Wildman–Crippen MR) is 87.3 cm³/mol. The minimum atomic E-state index is -1.32. The molecule has 0 aliphatic rings. The summed E-state index contributed by atoms with van der Waals surface area (Å²) in [7, 11) is -1.32. The second-order valence-corrected chi connectivity index (χ2v) is 7.82. The average Bonchev–Trinajstić information content (AvgIpc) is 2.36. The molecule has 5 nitrogen and oxygen atoms in total. The molecule has 0 aliphatic heterocycles. The van der Waals surface area contributed by atoms with E-state index >= 15 is 0 Å². The molecule has 3 atom stereocenters. The average molecular weight is 327 g/mol. The van der Waals surface area contributed by atoms with E-state index in [1.807, 2.05) is 19.1 Å². The van der Waals surface area contributed by atoms with Gasteiger partial charge in [-0.2, -0.15) is 0 Å². The number of ether oxygens (including phenoxy) is 1. The zero-order valence-electron chi connectivity index (χ0n) is 13.8. The molecular formula is C16H25NO4S. The second-order valence-electron chi connectivity index (χ2n) is 6.33. The Morgan fingerprint density at radius 3 is 2.36 bits per heavy atom. The highest BCUT2D eigenvalue weighted by Crippen LogP contribution is 2.11. The van der Waals surface area contributed by atoms with E-state index in [4.69, 9.17) is 4.74 Å². The second kappa shape index (κ2) is 7.74. The van der Waals surface area contributed by atoms with E-state index in [2.05, 4.69) is 5.32 Å². The van der Waals surface area contributed by atoms with Gasteiger partial charge >= 0.3 is 6.09 Å². The van der Waals surface area contributed by atoms with Gasteiger partial charge < -0.3 is 15.2 Å². The highest BCUT2D eigenvalue weighted by Gasteiger charge is 2.23. The van der Waals surface area contributed by atoms with Crippen molar-refractivity contribution in [3.8, 4) is 0 Å². The monoisotopic (exact) mass is 327 g/mol. The quantitative estimate of drug-likeness (QED) is 0.870. The summed E-state index contributed by atoms with van der Waals surface area (Å²) in [5, 5.41) is 12.6. The van der Waals surface area contributed by atoms with E-state index in [-0.39, 0.29) is 5.75 Å². The lowest BCUT2D eigenvalue weighted by Gasteiger charge is -2.24. The Bertz CT molecular complexity index is 522. The van der Waals surface area contributed by atoms with E-state index in [1.54, 1.807) is 39.8 Å². The summed E-state index contributed by atoms with van der Waals surface area (Å²) >= 11 is 0. The molecule has 1 unspecified atom stereocenters. The van der Waals surface area contributed by atoms with Crippen molar-refractivity contribution in [1.82, 2.24) is 5.32 Å². The van der Waals surface area contributed by atoms with Crippen molar-refractivity contribution in [2.75, 3.05) is 5.75 Å². The molecule has 0 aliphatic carbocycles. The van der Waals surface area contributed by atoms with Gasteiger partial charge in [-0.1, -0.05) is 17.7 Å². The molecule has 0 fully saturated rings. The van der Waals surface area contributed by atoms with Crippen LogP contribution in [0.25, 0.3) is 0 Å². The van der Waals surface area contributed by atoms with Crippen LogP contribution in [0.2, 0.25) is 0 Å². The molecule has 0 spiro atoms. The first-order valence-electron chi connectivity index (χ1n) is 7.21. The summed E-state index contributed by atoms with van der Waals surface area (Å²) < 4.78 is 17.3. The fourth-order valence-electron chi connectivity index (χ4n) is 1.68. The maximum Gasteiger partial charge on any atom is 0.407 e. The number of aliphatic hydroxyl groups excluding tert-OH is 1. The van der Waals surface area contributed by atoms with Crippen LogP contribution in [0.1, 0.15) is 33.3 Å². The van der Waals surface area contributed by atoms with E-state index in [9.17, 15) is 14.1 Å². The number of nitrogens with one attached hydrogen (secondary N) is 1. The van der Waals surface area contributed by atoms with E-state index in [0.29, 0.717) is 4.90 Å². The molecule has 1 amide bonds. The number of aryl methyl sites for hydroxylation is 1. The third kappa shape index (κ3) is 6.58. The first kappa shape index (κ1) is 18.6. The van der Waals surface area contributed by atoms with Gasteiger partial charge in [0.15, 0.2) is 0 Å². The molecule has 22 heavy (non-hydrogen) atoms. The first-order valence-corrected chi connectivity index (χ1v) is 8.53. The Hall–Kier alpha value is -1.40. The highest BCUT2D eigenvalue weighted by molar-refractivity contribution is 7.85. The van der Waals surface area contributed by atoms with Crippen LogP contribution >= 0.6 is 0 Å². The number of carbonyl (C=O) groups excluding carboxylic acids is 1.